The van der Waals surface area contributed by atoms with Crippen molar-refractivity contribution in [1.82, 2.24) is 9.47 Å². The van der Waals surface area contributed by atoms with Crippen LogP contribution in [0, 0.1) is 6.92 Å². The van der Waals surface area contributed by atoms with E-state index < -0.39 is 0 Å². The van der Waals surface area contributed by atoms with Crippen LogP contribution in [0.15, 0.2) is 42.5 Å². The van der Waals surface area contributed by atoms with Crippen LogP contribution in [0.3, 0.4) is 0 Å². The Morgan fingerprint density at radius 1 is 1.07 bits per heavy atom. The summed E-state index contributed by atoms with van der Waals surface area (Å²) in [5.74, 6) is 1.66. The number of Topliss-reactive ketones (excluding diaryl/α,β-unsaturated/α-hetero) is 1. The molecule has 0 atom stereocenters. The second-order valence-corrected chi connectivity index (χ2v) is 6.88. The summed E-state index contributed by atoms with van der Waals surface area (Å²) in [6.07, 6.45) is 0. The molecule has 142 valence electrons. The number of carbonyl (C=O) groups is 1. The van der Waals surface area contributed by atoms with Crippen LogP contribution >= 0.6 is 0 Å². The number of rotatable bonds is 7. The van der Waals surface area contributed by atoms with Crippen molar-refractivity contribution >= 4 is 16.7 Å². The van der Waals surface area contributed by atoms with Crippen molar-refractivity contribution < 1.29 is 14.3 Å². The molecule has 27 heavy (non-hydrogen) atoms. The molecule has 3 rings (SSSR count). The smallest absolute Gasteiger partial charge is 0.162 e. The van der Waals surface area contributed by atoms with Crippen LogP contribution in [0.1, 0.15) is 23.0 Å². The number of fused-ring (bicyclic) bond motifs is 1. The van der Waals surface area contributed by atoms with Crippen LogP contribution < -0.4 is 9.47 Å². The second kappa shape index (κ2) is 7.84. The number of hydrogen-bond acceptors (Lipinski definition) is 4. The topological polar surface area (TPSA) is 43.7 Å². The fourth-order valence-electron chi connectivity index (χ4n) is 3.34. The molecule has 0 amide bonds. The number of likely N-dealkylation sites (N-methyl/N-ethyl adjacent to an activating group) is 1. The number of hydrogen-bond donors (Lipinski definition) is 0. The van der Waals surface area contributed by atoms with Crippen molar-refractivity contribution in [1.29, 1.82) is 0 Å². The maximum atomic E-state index is 12.2. The van der Waals surface area contributed by atoms with E-state index in [0.717, 1.165) is 45.9 Å². The number of nitrogens with zero attached hydrogens (tertiary/aromatic N) is 2. The first-order valence-electron chi connectivity index (χ1n) is 9.00. The average molecular weight is 366 g/mol. The Kier molecular flexibility index (Phi) is 5.51. The van der Waals surface area contributed by atoms with Crippen LogP contribution in [-0.4, -0.2) is 49.6 Å². The standard InChI is InChI=1S/C22H26N2O3/c1-15-22(16(2)25)20-11-10-19(26-5)14-21(20)24(15)17-6-8-18(9-7-17)27-13-12-23(3)4/h6-11,14H,12-13H2,1-5H3. The van der Waals surface area contributed by atoms with E-state index >= 15 is 0 Å². The van der Waals surface area contributed by atoms with Crippen LogP contribution in [0.25, 0.3) is 16.6 Å². The van der Waals surface area contributed by atoms with Gasteiger partial charge in [0.2, 0.25) is 0 Å². The molecule has 0 aliphatic heterocycles. The summed E-state index contributed by atoms with van der Waals surface area (Å²) in [6, 6.07) is 13.8. The number of benzene rings is 2. The predicted molar refractivity (Wildman–Crippen MR) is 109 cm³/mol. The number of carbonyl (C=O) groups excluding carboxylic acids is 1. The van der Waals surface area contributed by atoms with Crippen molar-refractivity contribution in [2.24, 2.45) is 0 Å². The lowest BCUT2D eigenvalue weighted by Crippen LogP contribution is -2.19. The molecule has 0 radical (unpaired) electrons. The predicted octanol–water partition coefficient (Wildman–Crippen LogP) is 4.09. The molecule has 5 nitrogen and oxygen atoms in total. The van der Waals surface area contributed by atoms with Gasteiger partial charge in [0.1, 0.15) is 18.1 Å². The van der Waals surface area contributed by atoms with Crippen LogP contribution in [0.5, 0.6) is 11.5 Å². The Morgan fingerprint density at radius 2 is 1.74 bits per heavy atom. The first-order chi connectivity index (χ1) is 12.9. The summed E-state index contributed by atoms with van der Waals surface area (Å²) in [7, 11) is 5.69. The molecule has 0 saturated heterocycles. The molecule has 0 bridgehead atoms. The highest BCUT2D eigenvalue weighted by atomic mass is 16.5. The molecule has 0 aliphatic rings. The van der Waals surface area contributed by atoms with E-state index in [1.165, 1.54) is 0 Å². The largest absolute Gasteiger partial charge is 0.497 e. The van der Waals surface area contributed by atoms with Crippen molar-refractivity contribution in [3.05, 3.63) is 53.7 Å². The zero-order valence-electron chi connectivity index (χ0n) is 16.6. The number of aromatic nitrogens is 1. The summed E-state index contributed by atoms with van der Waals surface area (Å²) in [4.78, 5) is 14.3. The van der Waals surface area contributed by atoms with Gasteiger partial charge >= 0.3 is 0 Å². The highest BCUT2D eigenvalue weighted by Gasteiger charge is 2.18. The maximum absolute atomic E-state index is 12.2. The first kappa shape index (κ1) is 19.0. The third kappa shape index (κ3) is 3.83. The van der Waals surface area contributed by atoms with Gasteiger partial charge in [-0.15, -0.1) is 0 Å². The molecule has 2 aromatic carbocycles. The van der Waals surface area contributed by atoms with E-state index in [-0.39, 0.29) is 5.78 Å². The van der Waals surface area contributed by atoms with Gasteiger partial charge in [0.15, 0.2) is 5.78 Å². The van der Waals surface area contributed by atoms with Crippen molar-refractivity contribution in [3.8, 4) is 17.2 Å². The third-order valence-corrected chi connectivity index (χ3v) is 4.67. The van der Waals surface area contributed by atoms with Gasteiger partial charge < -0.3 is 18.9 Å². The zero-order chi connectivity index (χ0) is 19.6. The molecule has 5 heteroatoms. The minimum Gasteiger partial charge on any atom is -0.497 e. The summed E-state index contributed by atoms with van der Waals surface area (Å²) >= 11 is 0. The molecule has 0 fully saturated rings. The fourth-order valence-corrected chi connectivity index (χ4v) is 3.34. The van der Waals surface area contributed by atoms with Gasteiger partial charge in [-0.05, 0) is 64.3 Å². The third-order valence-electron chi connectivity index (χ3n) is 4.67. The van der Waals surface area contributed by atoms with E-state index in [2.05, 4.69) is 9.47 Å². The SMILES string of the molecule is COc1ccc2c(C(C)=O)c(C)n(-c3ccc(OCCN(C)C)cc3)c2c1. The Balaban J connectivity index is 2.03. The lowest BCUT2D eigenvalue weighted by Gasteiger charge is -2.13. The number of methoxy groups -OCH3 is 1. The van der Waals surface area contributed by atoms with Gasteiger partial charge in [-0.2, -0.15) is 0 Å². The van der Waals surface area contributed by atoms with E-state index in [0.29, 0.717) is 6.61 Å². The lowest BCUT2D eigenvalue weighted by atomic mass is 10.1. The molecule has 0 unspecified atom stereocenters. The maximum Gasteiger partial charge on any atom is 0.162 e. The van der Waals surface area contributed by atoms with Crippen molar-refractivity contribution in [2.45, 2.75) is 13.8 Å². The van der Waals surface area contributed by atoms with E-state index in [4.69, 9.17) is 9.47 Å². The van der Waals surface area contributed by atoms with Gasteiger partial charge in [0.05, 0.1) is 12.6 Å². The Bertz CT molecular complexity index is 956. The normalized spacial score (nSPS) is 11.2. The summed E-state index contributed by atoms with van der Waals surface area (Å²) in [6.45, 7) is 5.09. The molecular formula is C22H26N2O3. The average Bonchev–Trinajstić information content (AvgIpc) is 2.93. The van der Waals surface area contributed by atoms with Gasteiger partial charge in [-0.1, -0.05) is 0 Å². The Hall–Kier alpha value is -2.79. The highest BCUT2D eigenvalue weighted by molar-refractivity contribution is 6.09. The second-order valence-electron chi connectivity index (χ2n) is 6.88. The minimum atomic E-state index is 0.0602. The molecule has 0 N–H and O–H groups in total. The minimum absolute atomic E-state index is 0.0602. The Morgan fingerprint density at radius 3 is 2.33 bits per heavy atom. The van der Waals surface area contributed by atoms with Gasteiger partial charge in [-0.25, -0.2) is 0 Å². The zero-order valence-corrected chi connectivity index (χ0v) is 16.6. The molecule has 1 aromatic heterocycles. The molecule has 1 heterocycles. The number of ether oxygens (including phenoxy) is 2. The molecule has 0 spiro atoms. The molecular weight excluding hydrogens is 340 g/mol. The fraction of sp³-hybridized carbons (Fsp3) is 0.318. The van der Waals surface area contributed by atoms with Crippen molar-refractivity contribution in [2.75, 3.05) is 34.4 Å². The molecule has 0 saturated carbocycles. The van der Waals surface area contributed by atoms with Crippen LogP contribution in [-0.2, 0) is 0 Å². The number of ketones is 1. The Labute approximate surface area is 160 Å². The monoisotopic (exact) mass is 366 g/mol. The summed E-state index contributed by atoms with van der Waals surface area (Å²) in [5.41, 5.74) is 3.61. The van der Waals surface area contributed by atoms with Gasteiger partial charge in [0, 0.05) is 34.9 Å². The summed E-state index contributed by atoms with van der Waals surface area (Å²) in [5, 5.41) is 0.937. The summed E-state index contributed by atoms with van der Waals surface area (Å²) < 4.78 is 13.3. The quantitative estimate of drug-likeness (QED) is 0.591. The van der Waals surface area contributed by atoms with Crippen molar-refractivity contribution in [3.63, 3.8) is 0 Å². The molecule has 3 aromatic rings. The highest BCUT2D eigenvalue weighted by Crippen LogP contribution is 2.32. The molecule has 0 aliphatic carbocycles. The van der Waals surface area contributed by atoms with Crippen LogP contribution in [0.2, 0.25) is 0 Å². The van der Waals surface area contributed by atoms with E-state index in [9.17, 15) is 4.79 Å². The van der Waals surface area contributed by atoms with E-state index in [1.807, 2.05) is 63.5 Å². The lowest BCUT2D eigenvalue weighted by molar-refractivity contribution is 0.101. The van der Waals surface area contributed by atoms with E-state index in [1.54, 1.807) is 14.0 Å². The first-order valence-corrected chi connectivity index (χ1v) is 9.00. The van der Waals surface area contributed by atoms with Crippen LogP contribution in [0.4, 0.5) is 0 Å². The van der Waals surface area contributed by atoms with Gasteiger partial charge in [0.25, 0.3) is 0 Å². The van der Waals surface area contributed by atoms with Gasteiger partial charge in [-0.3, -0.25) is 4.79 Å².